The molecule has 11 heavy (non-hydrogen) atoms. The third-order valence-corrected chi connectivity index (χ3v) is 2.25. The minimum Gasteiger partial charge on any atom is -0.472 e. The van der Waals surface area contributed by atoms with Crippen LogP contribution >= 0.6 is 0 Å². The Morgan fingerprint density at radius 1 is 1.45 bits per heavy atom. The molecule has 1 heterocycles. The van der Waals surface area contributed by atoms with E-state index in [4.69, 9.17) is 4.74 Å². The van der Waals surface area contributed by atoms with Gasteiger partial charge in [0, 0.05) is 0 Å². The highest BCUT2D eigenvalue weighted by molar-refractivity contribution is 5.48. The molecule has 1 nitrogen and oxygen atoms in total. The minimum absolute atomic E-state index is 0.928. The summed E-state index contributed by atoms with van der Waals surface area (Å²) < 4.78 is 5.08. The Morgan fingerprint density at radius 2 is 2.36 bits per heavy atom. The van der Waals surface area contributed by atoms with Crippen LogP contribution in [0.5, 0.6) is 0 Å². The largest absolute Gasteiger partial charge is 0.472 e. The lowest BCUT2D eigenvalue weighted by molar-refractivity contribution is 0.393. The zero-order valence-electron chi connectivity index (χ0n) is 6.47. The smallest absolute Gasteiger partial charge is 0.0939 e. The zero-order valence-corrected chi connectivity index (χ0v) is 6.47. The van der Waals surface area contributed by atoms with Crippen LogP contribution in [0.25, 0.3) is 0 Å². The molecule has 0 amide bonds. The predicted molar refractivity (Wildman–Crippen MR) is 44.5 cm³/mol. The average molecular weight is 147 g/mol. The maximum absolute atomic E-state index is 5.08. The van der Waals surface area contributed by atoms with Crippen LogP contribution in [0.3, 0.4) is 0 Å². The summed E-state index contributed by atoms with van der Waals surface area (Å²) in [7, 11) is 0. The molecule has 1 aliphatic heterocycles. The first kappa shape index (κ1) is 6.71. The van der Waals surface area contributed by atoms with Crippen molar-refractivity contribution in [3.63, 3.8) is 0 Å². The van der Waals surface area contributed by atoms with Crippen LogP contribution in [-0.4, -0.2) is 0 Å². The molecule has 0 saturated carbocycles. The van der Waals surface area contributed by atoms with Crippen LogP contribution in [0, 0.1) is 6.92 Å². The molecular formula is C10H11O. The van der Waals surface area contributed by atoms with Crippen molar-refractivity contribution in [2.75, 3.05) is 0 Å². The Balaban J connectivity index is 2.37. The summed E-state index contributed by atoms with van der Waals surface area (Å²) in [5, 5.41) is 0. The second kappa shape index (κ2) is 2.57. The lowest BCUT2D eigenvalue weighted by Gasteiger charge is -2.06. The molecule has 1 heteroatoms. The average Bonchev–Trinajstić information content (AvgIpc) is 2.47. The lowest BCUT2D eigenvalue weighted by Crippen LogP contribution is -1.87. The second-order valence-corrected chi connectivity index (χ2v) is 2.85. The monoisotopic (exact) mass is 147 g/mol. The zero-order chi connectivity index (χ0) is 7.68. The molecule has 2 rings (SSSR count). The van der Waals surface area contributed by atoms with E-state index in [1.807, 2.05) is 12.3 Å². The summed E-state index contributed by atoms with van der Waals surface area (Å²) in [4.78, 5) is 0. The molecule has 0 aromatic rings. The van der Waals surface area contributed by atoms with Crippen molar-refractivity contribution >= 4 is 0 Å². The fourth-order valence-electron chi connectivity index (χ4n) is 1.62. The Hall–Kier alpha value is -0.980. The SMILES string of the molecule is [CH2]CC1=C2C=COC=C2CC1. The molecule has 0 aromatic heterocycles. The van der Waals surface area contributed by atoms with E-state index < -0.39 is 0 Å². The highest BCUT2D eigenvalue weighted by atomic mass is 16.5. The summed E-state index contributed by atoms with van der Waals surface area (Å²) >= 11 is 0. The predicted octanol–water partition coefficient (Wildman–Crippen LogP) is 2.73. The molecule has 1 aliphatic carbocycles. The highest BCUT2D eigenvalue weighted by Gasteiger charge is 2.18. The van der Waals surface area contributed by atoms with Gasteiger partial charge in [0.25, 0.3) is 0 Å². The van der Waals surface area contributed by atoms with Gasteiger partial charge in [-0.3, -0.25) is 0 Å². The Morgan fingerprint density at radius 3 is 3.18 bits per heavy atom. The Labute approximate surface area is 67.1 Å². The highest BCUT2D eigenvalue weighted by Crippen LogP contribution is 2.35. The van der Waals surface area contributed by atoms with Crippen molar-refractivity contribution in [2.24, 2.45) is 0 Å². The van der Waals surface area contributed by atoms with Gasteiger partial charge in [-0.25, -0.2) is 0 Å². The number of ether oxygens (including phenoxy) is 1. The van der Waals surface area contributed by atoms with Crippen molar-refractivity contribution < 1.29 is 4.74 Å². The van der Waals surface area contributed by atoms with Gasteiger partial charge in [0.1, 0.15) is 0 Å². The molecule has 2 aliphatic rings. The van der Waals surface area contributed by atoms with Gasteiger partial charge in [-0.15, -0.1) is 0 Å². The number of rotatable bonds is 1. The van der Waals surface area contributed by atoms with E-state index >= 15 is 0 Å². The Kier molecular flexibility index (Phi) is 1.57. The molecule has 0 bridgehead atoms. The summed E-state index contributed by atoms with van der Waals surface area (Å²) in [5.41, 5.74) is 4.17. The molecule has 0 fully saturated rings. The fraction of sp³-hybridized carbons (Fsp3) is 0.300. The number of allylic oxidation sites excluding steroid dienone is 4. The van der Waals surface area contributed by atoms with E-state index in [2.05, 4.69) is 6.92 Å². The van der Waals surface area contributed by atoms with Crippen molar-refractivity contribution in [1.82, 2.24) is 0 Å². The van der Waals surface area contributed by atoms with Crippen LogP contribution in [0.2, 0.25) is 0 Å². The maximum Gasteiger partial charge on any atom is 0.0939 e. The normalized spacial score (nSPS) is 21.4. The third-order valence-electron chi connectivity index (χ3n) is 2.25. The summed E-state index contributed by atoms with van der Waals surface area (Å²) in [6.45, 7) is 3.90. The first-order valence-corrected chi connectivity index (χ1v) is 3.94. The topological polar surface area (TPSA) is 9.23 Å². The molecule has 0 unspecified atom stereocenters. The van der Waals surface area contributed by atoms with Crippen LogP contribution in [0.4, 0.5) is 0 Å². The first-order valence-electron chi connectivity index (χ1n) is 3.94. The molecule has 0 spiro atoms. The standard InChI is InChI=1S/C10H11O/c1-2-8-3-4-9-7-11-6-5-10(8)9/h5-7H,1-4H2. The van der Waals surface area contributed by atoms with Gasteiger partial charge in [0.15, 0.2) is 0 Å². The van der Waals surface area contributed by atoms with Gasteiger partial charge in [-0.05, 0) is 43.4 Å². The summed E-state index contributed by atoms with van der Waals surface area (Å²) in [6.07, 6.45) is 8.85. The second-order valence-electron chi connectivity index (χ2n) is 2.85. The quantitative estimate of drug-likeness (QED) is 0.554. The van der Waals surface area contributed by atoms with Gasteiger partial charge >= 0.3 is 0 Å². The van der Waals surface area contributed by atoms with E-state index in [0.29, 0.717) is 0 Å². The molecule has 57 valence electrons. The number of fused-ring (bicyclic) bond motifs is 1. The molecule has 0 atom stereocenters. The van der Waals surface area contributed by atoms with E-state index in [1.165, 1.54) is 23.1 Å². The van der Waals surface area contributed by atoms with Crippen molar-refractivity contribution in [3.8, 4) is 0 Å². The first-order chi connectivity index (χ1) is 5.42. The Bertz CT molecular complexity index is 256. The van der Waals surface area contributed by atoms with E-state index in [1.54, 1.807) is 6.26 Å². The fourth-order valence-corrected chi connectivity index (χ4v) is 1.62. The minimum atomic E-state index is 0.928. The van der Waals surface area contributed by atoms with Gasteiger partial charge in [-0.2, -0.15) is 0 Å². The van der Waals surface area contributed by atoms with Crippen molar-refractivity contribution in [3.05, 3.63) is 42.2 Å². The van der Waals surface area contributed by atoms with Crippen LogP contribution < -0.4 is 0 Å². The van der Waals surface area contributed by atoms with Crippen LogP contribution in [-0.2, 0) is 4.74 Å². The number of hydrogen-bond acceptors (Lipinski definition) is 1. The molecular weight excluding hydrogens is 136 g/mol. The van der Waals surface area contributed by atoms with Gasteiger partial charge in [0.05, 0.1) is 12.5 Å². The summed E-state index contributed by atoms with van der Waals surface area (Å²) in [5.74, 6) is 0. The van der Waals surface area contributed by atoms with Crippen molar-refractivity contribution in [2.45, 2.75) is 19.3 Å². The van der Waals surface area contributed by atoms with Crippen molar-refractivity contribution in [1.29, 1.82) is 0 Å². The van der Waals surface area contributed by atoms with Gasteiger partial charge in [0.2, 0.25) is 0 Å². The van der Waals surface area contributed by atoms with Crippen LogP contribution in [0.15, 0.2) is 35.3 Å². The van der Waals surface area contributed by atoms with Gasteiger partial charge < -0.3 is 4.74 Å². The van der Waals surface area contributed by atoms with Gasteiger partial charge in [-0.1, -0.05) is 5.57 Å². The maximum atomic E-state index is 5.08. The van der Waals surface area contributed by atoms with E-state index in [-0.39, 0.29) is 0 Å². The molecule has 1 radical (unpaired) electrons. The van der Waals surface area contributed by atoms with Crippen LogP contribution in [0.1, 0.15) is 19.3 Å². The van der Waals surface area contributed by atoms with E-state index in [0.717, 1.165) is 12.8 Å². The molecule has 0 N–H and O–H groups in total. The lowest BCUT2D eigenvalue weighted by atomic mass is 10.1. The number of hydrogen-bond donors (Lipinski definition) is 0. The van der Waals surface area contributed by atoms with E-state index in [9.17, 15) is 0 Å². The summed E-state index contributed by atoms with van der Waals surface area (Å²) in [6, 6.07) is 0. The molecule has 0 aromatic carbocycles. The third kappa shape index (κ3) is 1.01. The molecule has 0 saturated heterocycles.